The number of aromatic nitrogens is 1. The molecular weight excluding hydrogens is 430 g/mol. The summed E-state index contributed by atoms with van der Waals surface area (Å²) < 4.78 is 48.0. The van der Waals surface area contributed by atoms with Crippen molar-refractivity contribution < 1.29 is 16.8 Å². The average molecular weight is 454 g/mol. The summed E-state index contributed by atoms with van der Waals surface area (Å²) in [6.45, 7) is 1.64. The first-order valence-electron chi connectivity index (χ1n) is 9.94. The molecule has 0 bridgehead atoms. The predicted octanol–water partition coefficient (Wildman–Crippen LogP) is 4.53. The Morgan fingerprint density at radius 3 is 2.06 bits per heavy atom. The number of hydrogen-bond acceptors (Lipinski definition) is 5. The van der Waals surface area contributed by atoms with Crippen LogP contribution >= 0.6 is 0 Å². The van der Waals surface area contributed by atoms with Gasteiger partial charge in [0.1, 0.15) is 0 Å². The van der Waals surface area contributed by atoms with Crippen LogP contribution in [0.3, 0.4) is 0 Å². The van der Waals surface area contributed by atoms with Crippen molar-refractivity contribution in [3.8, 4) is 11.3 Å². The maximum absolute atomic E-state index is 12.2. The van der Waals surface area contributed by atoms with Gasteiger partial charge in [-0.1, -0.05) is 55.5 Å². The zero-order valence-corrected chi connectivity index (χ0v) is 19.0. The van der Waals surface area contributed by atoms with Crippen LogP contribution in [0.25, 0.3) is 32.9 Å². The molecule has 0 aliphatic carbocycles. The Morgan fingerprint density at radius 2 is 1.39 bits per heavy atom. The van der Waals surface area contributed by atoms with Crippen molar-refractivity contribution in [2.24, 2.45) is 0 Å². The van der Waals surface area contributed by atoms with Crippen LogP contribution in [-0.2, 0) is 31.2 Å². The van der Waals surface area contributed by atoms with Crippen LogP contribution in [0.1, 0.15) is 18.1 Å². The molecule has 0 spiro atoms. The fraction of sp³-hybridized carbons (Fsp3) is 0.208. The quantitative estimate of drug-likeness (QED) is 0.401. The molecule has 0 amide bonds. The van der Waals surface area contributed by atoms with Crippen LogP contribution in [0.15, 0.2) is 66.7 Å². The van der Waals surface area contributed by atoms with E-state index in [0.717, 1.165) is 32.9 Å². The molecular formula is C24H23NO4S2. The average Bonchev–Trinajstić information content (AvgIpc) is 2.72. The molecule has 0 atom stereocenters. The van der Waals surface area contributed by atoms with E-state index < -0.39 is 19.7 Å². The summed E-state index contributed by atoms with van der Waals surface area (Å²) in [5.74, 6) is -0.0162. The molecule has 4 rings (SSSR count). The van der Waals surface area contributed by atoms with Crippen LogP contribution in [0.4, 0.5) is 0 Å². The molecule has 4 aromatic rings. The standard InChI is InChI=1S/C24H23NO4S2/c1-3-31(28,29)16-18-9-11-20-21(13-18)22-14-17(15-30(2,26)27)10-12-23(22)25-24(20)19-7-5-4-6-8-19/h4-14H,3,15-16H2,1-2H3. The molecule has 0 unspecified atom stereocenters. The zero-order valence-electron chi connectivity index (χ0n) is 17.4. The van der Waals surface area contributed by atoms with Crippen molar-refractivity contribution in [1.29, 1.82) is 0 Å². The Kier molecular flexibility index (Phi) is 5.58. The summed E-state index contributed by atoms with van der Waals surface area (Å²) in [6, 6.07) is 20.9. The molecule has 5 nitrogen and oxygen atoms in total. The van der Waals surface area contributed by atoms with Crippen molar-refractivity contribution in [3.63, 3.8) is 0 Å². The van der Waals surface area contributed by atoms with Crippen LogP contribution in [-0.4, -0.2) is 33.8 Å². The highest BCUT2D eigenvalue weighted by Gasteiger charge is 2.15. The first-order chi connectivity index (χ1) is 14.6. The van der Waals surface area contributed by atoms with Gasteiger partial charge in [-0.15, -0.1) is 0 Å². The number of fused-ring (bicyclic) bond motifs is 3. The van der Waals surface area contributed by atoms with Crippen molar-refractivity contribution in [2.45, 2.75) is 18.4 Å². The summed E-state index contributed by atoms with van der Waals surface area (Å²) in [7, 11) is -6.37. The van der Waals surface area contributed by atoms with Gasteiger partial charge in [-0.3, -0.25) is 0 Å². The van der Waals surface area contributed by atoms with Gasteiger partial charge in [0.2, 0.25) is 0 Å². The normalized spacial score (nSPS) is 12.5. The van der Waals surface area contributed by atoms with Gasteiger partial charge in [-0.05, 0) is 34.7 Å². The lowest BCUT2D eigenvalue weighted by Gasteiger charge is -2.13. The third-order valence-corrected chi connectivity index (χ3v) is 7.74. The van der Waals surface area contributed by atoms with E-state index in [4.69, 9.17) is 4.98 Å². The van der Waals surface area contributed by atoms with Gasteiger partial charge in [-0.25, -0.2) is 21.8 Å². The maximum Gasteiger partial charge on any atom is 0.154 e. The number of sulfone groups is 2. The molecule has 0 N–H and O–H groups in total. The second kappa shape index (κ2) is 8.05. The Hall–Kier alpha value is -2.77. The van der Waals surface area contributed by atoms with Gasteiger partial charge in [-0.2, -0.15) is 0 Å². The minimum atomic E-state index is -3.19. The topological polar surface area (TPSA) is 81.2 Å². The van der Waals surface area contributed by atoms with Crippen molar-refractivity contribution >= 4 is 41.3 Å². The third kappa shape index (κ3) is 4.78. The largest absolute Gasteiger partial charge is 0.247 e. The van der Waals surface area contributed by atoms with E-state index in [1.807, 2.05) is 60.7 Å². The molecule has 0 fully saturated rings. The lowest BCUT2D eigenvalue weighted by molar-refractivity contribution is 0.596. The Bertz CT molecular complexity index is 1490. The number of pyridine rings is 1. The van der Waals surface area contributed by atoms with Gasteiger partial charge in [0.15, 0.2) is 19.7 Å². The zero-order chi connectivity index (χ0) is 22.2. The summed E-state index contributed by atoms with van der Waals surface area (Å²) in [5.41, 5.74) is 3.89. The fourth-order valence-electron chi connectivity index (χ4n) is 3.75. The van der Waals surface area contributed by atoms with E-state index >= 15 is 0 Å². The molecule has 1 heterocycles. The first-order valence-corrected chi connectivity index (χ1v) is 13.8. The van der Waals surface area contributed by atoms with Crippen molar-refractivity contribution in [1.82, 2.24) is 4.98 Å². The lowest BCUT2D eigenvalue weighted by atomic mass is 9.98. The molecule has 31 heavy (non-hydrogen) atoms. The van der Waals surface area contributed by atoms with E-state index in [9.17, 15) is 16.8 Å². The minimum Gasteiger partial charge on any atom is -0.247 e. The minimum absolute atomic E-state index is 0.0348. The monoisotopic (exact) mass is 453 g/mol. The molecule has 0 aliphatic heterocycles. The first kappa shape index (κ1) is 21.5. The second-order valence-electron chi connectivity index (χ2n) is 7.80. The van der Waals surface area contributed by atoms with Crippen molar-refractivity contribution in [2.75, 3.05) is 12.0 Å². The number of nitrogens with zero attached hydrogens (tertiary/aromatic N) is 1. The van der Waals surface area contributed by atoms with Crippen LogP contribution in [0.5, 0.6) is 0 Å². The van der Waals surface area contributed by atoms with E-state index in [1.54, 1.807) is 13.0 Å². The number of rotatable bonds is 6. The van der Waals surface area contributed by atoms with Gasteiger partial charge in [0, 0.05) is 28.3 Å². The highest BCUT2D eigenvalue weighted by atomic mass is 32.2. The lowest BCUT2D eigenvalue weighted by Crippen LogP contribution is -2.06. The molecule has 160 valence electrons. The summed E-state index contributed by atoms with van der Waals surface area (Å²) >= 11 is 0. The highest BCUT2D eigenvalue weighted by Crippen LogP contribution is 2.34. The van der Waals surface area contributed by atoms with Gasteiger partial charge in [0.25, 0.3) is 0 Å². The van der Waals surface area contributed by atoms with E-state index in [-0.39, 0.29) is 17.3 Å². The smallest absolute Gasteiger partial charge is 0.154 e. The third-order valence-electron chi connectivity index (χ3n) is 5.22. The second-order valence-corrected chi connectivity index (χ2v) is 12.3. The number of hydrogen-bond donors (Lipinski definition) is 0. The predicted molar refractivity (Wildman–Crippen MR) is 126 cm³/mol. The Morgan fingerprint density at radius 1 is 0.742 bits per heavy atom. The summed E-state index contributed by atoms with van der Waals surface area (Å²) in [5, 5.41) is 2.57. The van der Waals surface area contributed by atoms with Crippen LogP contribution in [0.2, 0.25) is 0 Å². The van der Waals surface area contributed by atoms with E-state index in [0.29, 0.717) is 11.1 Å². The highest BCUT2D eigenvalue weighted by molar-refractivity contribution is 7.90. The van der Waals surface area contributed by atoms with E-state index in [1.165, 1.54) is 6.26 Å². The molecule has 0 saturated carbocycles. The molecule has 0 aliphatic rings. The molecule has 3 aromatic carbocycles. The van der Waals surface area contributed by atoms with Gasteiger partial charge in [0.05, 0.1) is 22.7 Å². The Labute approximate surface area is 182 Å². The molecule has 0 radical (unpaired) electrons. The summed E-state index contributed by atoms with van der Waals surface area (Å²) in [6.07, 6.45) is 1.21. The number of benzene rings is 3. The van der Waals surface area contributed by atoms with Crippen LogP contribution < -0.4 is 0 Å². The van der Waals surface area contributed by atoms with Gasteiger partial charge < -0.3 is 0 Å². The fourth-order valence-corrected chi connectivity index (χ4v) is 5.43. The maximum atomic E-state index is 12.2. The molecule has 1 aromatic heterocycles. The van der Waals surface area contributed by atoms with Crippen molar-refractivity contribution in [3.05, 3.63) is 77.9 Å². The SMILES string of the molecule is CCS(=O)(=O)Cc1ccc2c(-c3ccccc3)nc3ccc(CS(C)(=O)=O)cc3c2c1. The van der Waals surface area contributed by atoms with Gasteiger partial charge >= 0.3 is 0 Å². The molecule has 0 saturated heterocycles. The van der Waals surface area contributed by atoms with E-state index in [2.05, 4.69) is 0 Å². The van der Waals surface area contributed by atoms with Crippen LogP contribution in [0, 0.1) is 0 Å². The summed E-state index contributed by atoms with van der Waals surface area (Å²) in [4.78, 5) is 4.86. The molecule has 7 heteroatoms. The Balaban J connectivity index is 2.01.